The van der Waals surface area contributed by atoms with Crippen molar-refractivity contribution in [2.24, 2.45) is 5.92 Å². The Morgan fingerprint density at radius 3 is 2.65 bits per heavy atom. The molecular formula is C14H28N2O. The lowest BCUT2D eigenvalue weighted by molar-refractivity contribution is 0.0627. The van der Waals surface area contributed by atoms with E-state index in [0.29, 0.717) is 18.7 Å². The van der Waals surface area contributed by atoms with Gasteiger partial charge in [-0.3, -0.25) is 4.90 Å². The van der Waals surface area contributed by atoms with Crippen molar-refractivity contribution >= 4 is 0 Å². The molecule has 100 valence electrons. The molecule has 2 fully saturated rings. The quantitative estimate of drug-likeness (QED) is 0.784. The number of hydrogen-bond donors (Lipinski definition) is 2. The molecule has 0 spiro atoms. The molecule has 1 aliphatic carbocycles. The molecule has 3 nitrogen and oxygen atoms in total. The van der Waals surface area contributed by atoms with E-state index in [-0.39, 0.29) is 0 Å². The maximum absolute atomic E-state index is 9.46. The molecule has 3 unspecified atom stereocenters. The van der Waals surface area contributed by atoms with Crippen molar-refractivity contribution in [3.05, 3.63) is 0 Å². The van der Waals surface area contributed by atoms with Gasteiger partial charge in [0.1, 0.15) is 0 Å². The highest BCUT2D eigenvalue weighted by Crippen LogP contribution is 2.27. The zero-order valence-corrected chi connectivity index (χ0v) is 11.2. The van der Waals surface area contributed by atoms with Crippen LogP contribution in [0.15, 0.2) is 0 Å². The lowest BCUT2D eigenvalue weighted by Gasteiger charge is -2.40. The van der Waals surface area contributed by atoms with Gasteiger partial charge in [-0.25, -0.2) is 0 Å². The minimum absolute atomic E-state index is 0.344. The zero-order chi connectivity index (χ0) is 12.1. The summed E-state index contributed by atoms with van der Waals surface area (Å²) in [7, 11) is 2.10. The molecule has 0 aromatic heterocycles. The first-order valence-electron chi connectivity index (χ1n) is 7.37. The topological polar surface area (TPSA) is 35.5 Å². The standard InChI is InChI=1S/C14H28N2O/c1-15-14-8-3-2-6-12(14)10-16-9-5-4-7-13(16)11-17/h12-15,17H,2-11H2,1H3. The maximum Gasteiger partial charge on any atom is 0.0586 e. The van der Waals surface area contributed by atoms with Crippen molar-refractivity contribution in [2.45, 2.75) is 57.0 Å². The molecule has 1 heterocycles. The smallest absolute Gasteiger partial charge is 0.0586 e. The average molecular weight is 240 g/mol. The average Bonchev–Trinajstić information content (AvgIpc) is 2.40. The fraction of sp³-hybridized carbons (Fsp3) is 1.00. The van der Waals surface area contributed by atoms with Gasteiger partial charge in [-0.2, -0.15) is 0 Å². The molecule has 3 heteroatoms. The maximum atomic E-state index is 9.46. The molecule has 2 N–H and O–H groups in total. The molecule has 17 heavy (non-hydrogen) atoms. The number of likely N-dealkylation sites (tertiary alicyclic amines) is 1. The third-order valence-electron chi connectivity index (χ3n) is 4.71. The molecule has 0 amide bonds. The normalized spacial score (nSPS) is 36.0. The largest absolute Gasteiger partial charge is 0.395 e. The lowest BCUT2D eigenvalue weighted by Crippen LogP contribution is -2.48. The Hall–Kier alpha value is -0.120. The van der Waals surface area contributed by atoms with Crippen LogP contribution >= 0.6 is 0 Å². The Balaban J connectivity index is 1.88. The van der Waals surface area contributed by atoms with E-state index in [1.165, 1.54) is 58.0 Å². The second-order valence-corrected chi connectivity index (χ2v) is 5.77. The van der Waals surface area contributed by atoms with Crippen LogP contribution in [0.25, 0.3) is 0 Å². The number of nitrogens with zero attached hydrogens (tertiary/aromatic N) is 1. The van der Waals surface area contributed by atoms with E-state index >= 15 is 0 Å². The van der Waals surface area contributed by atoms with Gasteiger partial charge in [0.2, 0.25) is 0 Å². The van der Waals surface area contributed by atoms with Gasteiger partial charge in [0.15, 0.2) is 0 Å². The highest BCUT2D eigenvalue weighted by molar-refractivity contribution is 4.85. The summed E-state index contributed by atoms with van der Waals surface area (Å²) in [4.78, 5) is 2.55. The van der Waals surface area contributed by atoms with Gasteiger partial charge >= 0.3 is 0 Å². The fourth-order valence-corrected chi connectivity index (χ4v) is 3.61. The molecule has 0 bridgehead atoms. The molecule has 3 atom stereocenters. The van der Waals surface area contributed by atoms with Crippen LogP contribution in [0, 0.1) is 5.92 Å². The van der Waals surface area contributed by atoms with Crippen LogP contribution in [-0.2, 0) is 0 Å². The number of hydrogen-bond acceptors (Lipinski definition) is 3. The summed E-state index contributed by atoms with van der Waals surface area (Å²) in [5.74, 6) is 0.792. The fourth-order valence-electron chi connectivity index (χ4n) is 3.61. The van der Waals surface area contributed by atoms with Gasteiger partial charge in [-0.05, 0) is 45.2 Å². The van der Waals surface area contributed by atoms with Crippen LogP contribution < -0.4 is 5.32 Å². The van der Waals surface area contributed by atoms with Gasteiger partial charge in [0.25, 0.3) is 0 Å². The summed E-state index contributed by atoms with van der Waals surface area (Å²) in [6, 6.07) is 1.13. The first-order chi connectivity index (χ1) is 8.35. The first-order valence-corrected chi connectivity index (χ1v) is 7.37. The third kappa shape index (κ3) is 3.43. The van der Waals surface area contributed by atoms with Crippen LogP contribution in [0.3, 0.4) is 0 Å². The van der Waals surface area contributed by atoms with Crippen molar-refractivity contribution in [3.63, 3.8) is 0 Å². The molecule has 1 aliphatic heterocycles. The Bertz CT molecular complexity index is 200. The van der Waals surface area contributed by atoms with Gasteiger partial charge in [-0.15, -0.1) is 0 Å². The highest BCUT2D eigenvalue weighted by Gasteiger charge is 2.29. The van der Waals surface area contributed by atoms with Gasteiger partial charge in [0.05, 0.1) is 6.61 Å². The van der Waals surface area contributed by atoms with Crippen LogP contribution in [0.2, 0.25) is 0 Å². The Kier molecular flexibility index (Phi) is 5.26. The van der Waals surface area contributed by atoms with Crippen LogP contribution in [-0.4, -0.2) is 48.8 Å². The summed E-state index contributed by atoms with van der Waals surface area (Å²) < 4.78 is 0. The summed E-state index contributed by atoms with van der Waals surface area (Å²) in [5.41, 5.74) is 0. The number of aliphatic hydroxyl groups is 1. The SMILES string of the molecule is CNC1CCCCC1CN1CCCCC1CO. The van der Waals surface area contributed by atoms with Gasteiger partial charge in [0, 0.05) is 18.6 Å². The van der Waals surface area contributed by atoms with Crippen molar-refractivity contribution in [1.82, 2.24) is 10.2 Å². The first kappa shape index (κ1) is 13.3. The molecule has 0 radical (unpaired) electrons. The summed E-state index contributed by atoms with van der Waals surface area (Å²) >= 11 is 0. The van der Waals surface area contributed by atoms with Crippen LogP contribution in [0.4, 0.5) is 0 Å². The van der Waals surface area contributed by atoms with Gasteiger partial charge in [-0.1, -0.05) is 19.3 Å². The number of piperidine rings is 1. The Morgan fingerprint density at radius 2 is 1.88 bits per heavy atom. The molecule has 0 aromatic rings. The Labute approximate surface area is 106 Å². The summed E-state index contributed by atoms with van der Waals surface area (Å²) in [6.07, 6.45) is 9.26. The van der Waals surface area contributed by atoms with Crippen molar-refractivity contribution in [3.8, 4) is 0 Å². The predicted molar refractivity (Wildman–Crippen MR) is 71.1 cm³/mol. The van der Waals surface area contributed by atoms with E-state index < -0.39 is 0 Å². The second kappa shape index (κ2) is 6.72. The van der Waals surface area contributed by atoms with E-state index in [1.807, 2.05) is 0 Å². The lowest BCUT2D eigenvalue weighted by atomic mass is 9.83. The predicted octanol–water partition coefficient (Wildman–Crippen LogP) is 1.61. The minimum atomic E-state index is 0.344. The molecule has 2 aliphatic rings. The molecule has 1 saturated carbocycles. The molecule has 1 saturated heterocycles. The number of rotatable bonds is 4. The van der Waals surface area contributed by atoms with E-state index in [4.69, 9.17) is 0 Å². The van der Waals surface area contributed by atoms with E-state index in [0.717, 1.165) is 5.92 Å². The summed E-state index contributed by atoms with van der Waals surface area (Å²) in [6.45, 7) is 2.73. The number of nitrogens with one attached hydrogen (secondary N) is 1. The van der Waals surface area contributed by atoms with Crippen molar-refractivity contribution < 1.29 is 5.11 Å². The van der Waals surface area contributed by atoms with E-state index in [1.54, 1.807) is 0 Å². The van der Waals surface area contributed by atoms with E-state index in [9.17, 15) is 5.11 Å². The third-order valence-corrected chi connectivity index (χ3v) is 4.71. The van der Waals surface area contributed by atoms with Crippen molar-refractivity contribution in [2.75, 3.05) is 26.7 Å². The minimum Gasteiger partial charge on any atom is -0.395 e. The number of aliphatic hydroxyl groups excluding tert-OH is 1. The van der Waals surface area contributed by atoms with Gasteiger partial charge < -0.3 is 10.4 Å². The summed E-state index contributed by atoms with van der Waals surface area (Å²) in [5, 5.41) is 12.9. The van der Waals surface area contributed by atoms with Crippen molar-refractivity contribution in [1.29, 1.82) is 0 Å². The monoisotopic (exact) mass is 240 g/mol. The van der Waals surface area contributed by atoms with Crippen LogP contribution in [0.5, 0.6) is 0 Å². The molecular weight excluding hydrogens is 212 g/mol. The highest BCUT2D eigenvalue weighted by atomic mass is 16.3. The second-order valence-electron chi connectivity index (χ2n) is 5.77. The van der Waals surface area contributed by atoms with E-state index in [2.05, 4.69) is 17.3 Å². The molecule has 0 aromatic carbocycles. The van der Waals surface area contributed by atoms with Crippen LogP contribution in [0.1, 0.15) is 44.9 Å². The Morgan fingerprint density at radius 1 is 1.12 bits per heavy atom. The molecule has 2 rings (SSSR count). The zero-order valence-electron chi connectivity index (χ0n) is 11.2.